The van der Waals surface area contributed by atoms with E-state index in [1.165, 1.54) is 32.4 Å². The molecule has 3 nitrogen and oxygen atoms in total. The molecule has 3 heteroatoms. The molecule has 1 heterocycles. The minimum absolute atomic E-state index is 0.829. The van der Waals surface area contributed by atoms with Crippen molar-refractivity contribution in [3.63, 3.8) is 0 Å². The second-order valence-electron chi connectivity index (χ2n) is 3.88. The van der Waals surface area contributed by atoms with Gasteiger partial charge in [-0.25, -0.2) is 0 Å². The largest absolute Gasteiger partial charge is 0.383 e. The highest BCUT2D eigenvalue weighted by molar-refractivity contribution is 4.72. The van der Waals surface area contributed by atoms with Crippen LogP contribution in [0.25, 0.3) is 0 Å². The molecule has 2 N–H and O–H groups in total. The molecule has 1 saturated heterocycles. The lowest BCUT2D eigenvalue weighted by Gasteiger charge is -2.32. The lowest BCUT2D eigenvalue weighted by molar-refractivity contribution is 0.113. The fourth-order valence-corrected chi connectivity index (χ4v) is 2.05. The molecule has 0 bridgehead atoms. The third kappa shape index (κ3) is 4.07. The second kappa shape index (κ2) is 6.35. The Balaban J connectivity index is 2.16. The van der Waals surface area contributed by atoms with Gasteiger partial charge in [-0.3, -0.25) is 0 Å². The van der Waals surface area contributed by atoms with Gasteiger partial charge < -0.3 is 15.4 Å². The molecule has 0 aromatic rings. The molecule has 1 fully saturated rings. The molecule has 1 rings (SSSR count). The Bertz CT molecular complexity index is 128. The van der Waals surface area contributed by atoms with Crippen molar-refractivity contribution in [1.29, 1.82) is 0 Å². The Morgan fingerprint density at radius 3 is 3.08 bits per heavy atom. The van der Waals surface area contributed by atoms with Crippen molar-refractivity contribution in [3.05, 3.63) is 0 Å². The second-order valence-corrected chi connectivity index (χ2v) is 3.88. The molecule has 0 aliphatic carbocycles. The van der Waals surface area contributed by atoms with Gasteiger partial charge in [0.25, 0.3) is 0 Å². The van der Waals surface area contributed by atoms with E-state index >= 15 is 0 Å². The summed E-state index contributed by atoms with van der Waals surface area (Å²) < 4.78 is 5.07. The van der Waals surface area contributed by atoms with E-state index in [-0.39, 0.29) is 0 Å². The predicted octanol–water partition coefficient (Wildman–Crippen LogP) is 0.694. The van der Waals surface area contributed by atoms with Gasteiger partial charge in [0, 0.05) is 20.2 Å². The van der Waals surface area contributed by atoms with Gasteiger partial charge in [0.2, 0.25) is 0 Å². The molecular formula is C10H22N2O. The highest BCUT2D eigenvalue weighted by Crippen LogP contribution is 2.18. The van der Waals surface area contributed by atoms with Crippen LogP contribution in [0, 0.1) is 5.92 Å². The quantitative estimate of drug-likeness (QED) is 0.686. The van der Waals surface area contributed by atoms with Crippen LogP contribution in [0.15, 0.2) is 0 Å². The van der Waals surface area contributed by atoms with Gasteiger partial charge in [0.05, 0.1) is 6.61 Å². The van der Waals surface area contributed by atoms with Gasteiger partial charge in [-0.15, -0.1) is 0 Å². The van der Waals surface area contributed by atoms with Crippen molar-refractivity contribution in [3.8, 4) is 0 Å². The van der Waals surface area contributed by atoms with Crippen molar-refractivity contribution >= 4 is 0 Å². The van der Waals surface area contributed by atoms with E-state index in [4.69, 9.17) is 10.5 Å². The lowest BCUT2D eigenvalue weighted by Crippen LogP contribution is -2.38. The SMILES string of the molecule is COCCN1CCCC(CCN)C1. The van der Waals surface area contributed by atoms with Crippen LogP contribution in [-0.2, 0) is 4.74 Å². The summed E-state index contributed by atoms with van der Waals surface area (Å²) in [5, 5.41) is 0. The average molecular weight is 186 g/mol. The molecule has 0 aromatic heterocycles. The zero-order chi connectivity index (χ0) is 9.52. The Kier molecular flexibility index (Phi) is 5.35. The first kappa shape index (κ1) is 11.0. The van der Waals surface area contributed by atoms with Crippen LogP contribution in [0.1, 0.15) is 19.3 Å². The van der Waals surface area contributed by atoms with Crippen molar-refractivity contribution < 1.29 is 4.74 Å². The molecule has 0 amide bonds. The molecule has 1 atom stereocenters. The van der Waals surface area contributed by atoms with Crippen LogP contribution >= 0.6 is 0 Å². The van der Waals surface area contributed by atoms with Crippen LogP contribution in [0.5, 0.6) is 0 Å². The van der Waals surface area contributed by atoms with E-state index in [1.54, 1.807) is 7.11 Å². The number of piperidine rings is 1. The first-order chi connectivity index (χ1) is 6.36. The summed E-state index contributed by atoms with van der Waals surface area (Å²) >= 11 is 0. The average Bonchev–Trinajstić information content (AvgIpc) is 2.16. The van der Waals surface area contributed by atoms with Gasteiger partial charge in [-0.1, -0.05) is 0 Å². The maximum absolute atomic E-state index is 5.56. The molecule has 1 unspecified atom stereocenters. The summed E-state index contributed by atoms with van der Waals surface area (Å²) in [6, 6.07) is 0. The van der Waals surface area contributed by atoms with Crippen LogP contribution < -0.4 is 5.73 Å². The molecule has 1 aliphatic heterocycles. The van der Waals surface area contributed by atoms with Crippen molar-refractivity contribution in [2.45, 2.75) is 19.3 Å². The molecule has 0 spiro atoms. The molecule has 0 saturated carbocycles. The summed E-state index contributed by atoms with van der Waals surface area (Å²) in [6.45, 7) is 5.24. The van der Waals surface area contributed by atoms with Crippen LogP contribution in [-0.4, -0.2) is 44.8 Å². The van der Waals surface area contributed by atoms with Crippen LogP contribution in [0.3, 0.4) is 0 Å². The third-order valence-electron chi connectivity index (χ3n) is 2.79. The fourth-order valence-electron chi connectivity index (χ4n) is 2.05. The van der Waals surface area contributed by atoms with E-state index in [1.807, 2.05) is 0 Å². The zero-order valence-corrected chi connectivity index (χ0v) is 8.67. The number of methoxy groups -OCH3 is 1. The monoisotopic (exact) mass is 186 g/mol. The van der Waals surface area contributed by atoms with Crippen LogP contribution in [0.2, 0.25) is 0 Å². The van der Waals surface area contributed by atoms with Crippen LogP contribution in [0.4, 0.5) is 0 Å². The molecule has 78 valence electrons. The summed E-state index contributed by atoms with van der Waals surface area (Å²) in [4.78, 5) is 2.49. The molecule has 0 radical (unpaired) electrons. The first-order valence-electron chi connectivity index (χ1n) is 5.28. The Morgan fingerprint density at radius 2 is 2.38 bits per heavy atom. The zero-order valence-electron chi connectivity index (χ0n) is 8.67. The molecule has 1 aliphatic rings. The molecular weight excluding hydrogens is 164 g/mol. The van der Waals surface area contributed by atoms with Crippen molar-refractivity contribution in [2.24, 2.45) is 11.7 Å². The standard InChI is InChI=1S/C10H22N2O/c1-13-8-7-12-6-2-3-10(9-12)4-5-11/h10H,2-9,11H2,1H3. The number of likely N-dealkylation sites (tertiary alicyclic amines) is 1. The number of ether oxygens (including phenoxy) is 1. The van der Waals surface area contributed by atoms with E-state index in [0.717, 1.165) is 25.6 Å². The van der Waals surface area contributed by atoms with E-state index in [9.17, 15) is 0 Å². The van der Waals surface area contributed by atoms with E-state index in [0.29, 0.717) is 0 Å². The maximum atomic E-state index is 5.56. The minimum atomic E-state index is 0.829. The van der Waals surface area contributed by atoms with E-state index in [2.05, 4.69) is 4.90 Å². The summed E-state index contributed by atoms with van der Waals surface area (Å²) in [6.07, 6.45) is 3.87. The van der Waals surface area contributed by atoms with E-state index < -0.39 is 0 Å². The fraction of sp³-hybridized carbons (Fsp3) is 1.00. The highest BCUT2D eigenvalue weighted by Gasteiger charge is 2.18. The van der Waals surface area contributed by atoms with Gasteiger partial charge >= 0.3 is 0 Å². The Morgan fingerprint density at radius 1 is 1.54 bits per heavy atom. The molecule has 13 heavy (non-hydrogen) atoms. The number of nitrogens with zero attached hydrogens (tertiary/aromatic N) is 1. The van der Waals surface area contributed by atoms with Crippen molar-refractivity contribution in [1.82, 2.24) is 4.90 Å². The molecule has 0 aromatic carbocycles. The number of hydrogen-bond donors (Lipinski definition) is 1. The topological polar surface area (TPSA) is 38.5 Å². The summed E-state index contributed by atoms with van der Waals surface area (Å²) in [7, 11) is 1.77. The third-order valence-corrected chi connectivity index (χ3v) is 2.79. The van der Waals surface area contributed by atoms with Gasteiger partial charge in [-0.05, 0) is 38.3 Å². The minimum Gasteiger partial charge on any atom is -0.383 e. The van der Waals surface area contributed by atoms with Crippen molar-refractivity contribution in [2.75, 3.05) is 39.9 Å². The Hall–Kier alpha value is -0.120. The normalized spacial score (nSPS) is 24.9. The highest BCUT2D eigenvalue weighted by atomic mass is 16.5. The maximum Gasteiger partial charge on any atom is 0.0589 e. The van der Waals surface area contributed by atoms with Gasteiger partial charge in [0.1, 0.15) is 0 Å². The smallest absolute Gasteiger partial charge is 0.0589 e. The summed E-state index contributed by atoms with van der Waals surface area (Å²) in [5.74, 6) is 0.829. The number of nitrogens with two attached hydrogens (primary N) is 1. The van der Waals surface area contributed by atoms with Gasteiger partial charge in [0.15, 0.2) is 0 Å². The predicted molar refractivity (Wildman–Crippen MR) is 54.7 cm³/mol. The number of hydrogen-bond acceptors (Lipinski definition) is 3. The number of rotatable bonds is 5. The summed E-state index contributed by atoms with van der Waals surface area (Å²) in [5.41, 5.74) is 5.56. The lowest BCUT2D eigenvalue weighted by atomic mass is 9.95. The Labute approximate surface area is 81.2 Å². The van der Waals surface area contributed by atoms with Gasteiger partial charge in [-0.2, -0.15) is 0 Å². The first-order valence-corrected chi connectivity index (χ1v) is 5.28.